The Morgan fingerprint density at radius 3 is 2.27 bits per heavy atom. The Morgan fingerprint density at radius 2 is 1.59 bits per heavy atom. The minimum absolute atomic E-state index is 0.143. The molecule has 22 heavy (non-hydrogen) atoms. The van der Waals surface area contributed by atoms with Crippen LogP contribution >= 0.6 is 0 Å². The molecule has 0 aliphatic heterocycles. The molecule has 0 nitrogen and oxygen atoms in total. The van der Waals surface area contributed by atoms with Gasteiger partial charge in [-0.1, -0.05) is 12.2 Å². The van der Waals surface area contributed by atoms with Gasteiger partial charge in [0.15, 0.2) is 0 Å². The molecule has 0 N–H and O–H groups in total. The highest BCUT2D eigenvalue weighted by Gasteiger charge is 2.35. The molecule has 2 fully saturated rings. The van der Waals surface area contributed by atoms with E-state index >= 15 is 0 Å². The predicted octanol–water partition coefficient (Wildman–Crippen LogP) is 6.15. The van der Waals surface area contributed by atoms with E-state index in [1.165, 1.54) is 32.6 Å². The number of rotatable bonds is 2. The van der Waals surface area contributed by atoms with Gasteiger partial charge in [-0.2, -0.15) is 0 Å². The van der Waals surface area contributed by atoms with Crippen molar-refractivity contribution in [2.75, 3.05) is 0 Å². The predicted molar refractivity (Wildman–Crippen MR) is 86.8 cm³/mol. The lowest BCUT2D eigenvalue weighted by Crippen LogP contribution is -2.30. The average molecular weight is 304 g/mol. The van der Waals surface area contributed by atoms with Crippen LogP contribution in [0, 0.1) is 36.3 Å². The Morgan fingerprint density at radius 1 is 0.955 bits per heavy atom. The molecule has 0 aromatic heterocycles. The Labute approximate surface area is 132 Å². The molecule has 120 valence electrons. The van der Waals surface area contributed by atoms with Crippen molar-refractivity contribution in [2.24, 2.45) is 17.8 Å². The Bertz CT molecular complexity index is 538. The SMILES string of the molecule is CC=C[C@@H]1CC[C@@H]2CC(c3cc(F)c(C)c(F)c3)CC[C@@H]2C1. The zero-order chi connectivity index (χ0) is 15.7. The summed E-state index contributed by atoms with van der Waals surface area (Å²) in [6.07, 6.45) is 11.8. The van der Waals surface area contributed by atoms with E-state index in [1.54, 1.807) is 12.1 Å². The zero-order valence-corrected chi connectivity index (χ0v) is 13.6. The number of hydrogen-bond donors (Lipinski definition) is 0. The van der Waals surface area contributed by atoms with Crippen LogP contribution in [0.2, 0.25) is 0 Å². The second-order valence-electron chi connectivity index (χ2n) is 7.24. The van der Waals surface area contributed by atoms with Crippen LogP contribution in [0.3, 0.4) is 0 Å². The van der Waals surface area contributed by atoms with Crippen LogP contribution in [0.1, 0.15) is 62.5 Å². The van der Waals surface area contributed by atoms with Gasteiger partial charge >= 0.3 is 0 Å². The fourth-order valence-corrected chi connectivity index (χ4v) is 4.58. The van der Waals surface area contributed by atoms with Crippen LogP contribution in [0.15, 0.2) is 24.3 Å². The van der Waals surface area contributed by atoms with E-state index in [2.05, 4.69) is 19.1 Å². The second-order valence-corrected chi connectivity index (χ2v) is 7.24. The summed E-state index contributed by atoms with van der Waals surface area (Å²) in [4.78, 5) is 0. The lowest BCUT2D eigenvalue weighted by molar-refractivity contribution is 0.133. The highest BCUT2D eigenvalue weighted by molar-refractivity contribution is 5.28. The molecule has 2 saturated carbocycles. The summed E-state index contributed by atoms with van der Waals surface area (Å²) in [6.45, 7) is 3.61. The maximum atomic E-state index is 13.8. The van der Waals surface area contributed by atoms with E-state index in [0.717, 1.165) is 36.2 Å². The van der Waals surface area contributed by atoms with Crippen molar-refractivity contribution in [3.05, 3.63) is 47.0 Å². The van der Waals surface area contributed by atoms with Crippen LogP contribution in [0.4, 0.5) is 8.78 Å². The van der Waals surface area contributed by atoms with E-state index in [0.29, 0.717) is 5.92 Å². The van der Waals surface area contributed by atoms with Gasteiger partial charge in [-0.3, -0.25) is 0 Å². The lowest BCUT2D eigenvalue weighted by Gasteiger charge is -2.41. The zero-order valence-electron chi connectivity index (χ0n) is 13.6. The molecule has 0 bridgehead atoms. The normalized spacial score (nSPS) is 32.2. The van der Waals surface area contributed by atoms with Gasteiger partial charge in [-0.25, -0.2) is 8.78 Å². The molecule has 1 aromatic rings. The number of allylic oxidation sites excluding steroid dienone is 2. The lowest BCUT2D eigenvalue weighted by atomic mass is 9.64. The van der Waals surface area contributed by atoms with Crippen molar-refractivity contribution in [2.45, 2.75) is 58.3 Å². The fraction of sp³-hybridized carbons (Fsp3) is 0.600. The standard InChI is InChI=1S/C20H26F2/c1-3-4-14-5-6-16-10-17(8-7-15(16)9-14)18-11-19(21)13(2)20(22)12-18/h3-4,11-12,14-17H,5-10H2,1-2H3/t14-,15-,16-,17?/m1/s1. The van der Waals surface area contributed by atoms with E-state index in [1.807, 2.05) is 0 Å². The maximum Gasteiger partial charge on any atom is 0.129 e. The second kappa shape index (κ2) is 6.52. The van der Waals surface area contributed by atoms with Gasteiger partial charge in [0.1, 0.15) is 11.6 Å². The number of benzene rings is 1. The van der Waals surface area contributed by atoms with Gasteiger partial charge in [-0.15, -0.1) is 0 Å². The Balaban J connectivity index is 1.70. The summed E-state index contributed by atoms with van der Waals surface area (Å²) in [5.74, 6) is 1.85. The topological polar surface area (TPSA) is 0 Å². The highest BCUT2D eigenvalue weighted by Crippen LogP contribution is 2.48. The first-order valence-corrected chi connectivity index (χ1v) is 8.66. The molecule has 0 radical (unpaired) electrons. The van der Waals surface area contributed by atoms with Crippen molar-refractivity contribution < 1.29 is 8.78 Å². The molecule has 3 rings (SSSR count). The summed E-state index contributed by atoms with van der Waals surface area (Å²) in [5.41, 5.74) is 1.01. The first-order valence-electron chi connectivity index (χ1n) is 8.66. The van der Waals surface area contributed by atoms with E-state index in [4.69, 9.17) is 0 Å². The van der Waals surface area contributed by atoms with Crippen molar-refractivity contribution >= 4 is 0 Å². The van der Waals surface area contributed by atoms with Crippen LogP contribution in [0.25, 0.3) is 0 Å². The molecule has 1 aromatic carbocycles. The molecular weight excluding hydrogens is 278 g/mol. The molecule has 0 heterocycles. The van der Waals surface area contributed by atoms with Crippen LogP contribution in [-0.4, -0.2) is 0 Å². The molecule has 4 atom stereocenters. The molecule has 2 aliphatic rings. The summed E-state index contributed by atoms with van der Waals surface area (Å²) >= 11 is 0. The van der Waals surface area contributed by atoms with E-state index in [9.17, 15) is 8.78 Å². The summed E-state index contributed by atoms with van der Waals surface area (Å²) in [5, 5.41) is 0. The molecule has 0 spiro atoms. The van der Waals surface area contributed by atoms with E-state index in [-0.39, 0.29) is 5.56 Å². The Kier molecular flexibility index (Phi) is 4.65. The number of fused-ring (bicyclic) bond motifs is 1. The van der Waals surface area contributed by atoms with E-state index < -0.39 is 11.6 Å². The molecule has 2 aliphatic carbocycles. The van der Waals surface area contributed by atoms with Gasteiger partial charge in [0.2, 0.25) is 0 Å². The molecule has 2 heteroatoms. The maximum absolute atomic E-state index is 13.8. The largest absolute Gasteiger partial charge is 0.207 e. The third-order valence-electron chi connectivity index (χ3n) is 5.89. The molecule has 0 amide bonds. The minimum Gasteiger partial charge on any atom is -0.207 e. The summed E-state index contributed by atoms with van der Waals surface area (Å²) in [6, 6.07) is 3.13. The number of halogens is 2. The average Bonchev–Trinajstić information content (AvgIpc) is 2.52. The smallest absolute Gasteiger partial charge is 0.129 e. The molecule has 0 saturated heterocycles. The third kappa shape index (κ3) is 3.11. The van der Waals surface area contributed by atoms with Gasteiger partial charge in [0.25, 0.3) is 0 Å². The van der Waals surface area contributed by atoms with Crippen molar-refractivity contribution in [3.8, 4) is 0 Å². The molecule has 1 unspecified atom stereocenters. The van der Waals surface area contributed by atoms with Gasteiger partial charge in [0, 0.05) is 5.56 Å². The first kappa shape index (κ1) is 15.7. The Hall–Kier alpha value is -1.18. The van der Waals surface area contributed by atoms with Crippen LogP contribution in [0.5, 0.6) is 0 Å². The van der Waals surface area contributed by atoms with Crippen molar-refractivity contribution in [3.63, 3.8) is 0 Å². The summed E-state index contributed by atoms with van der Waals surface area (Å²) in [7, 11) is 0. The van der Waals surface area contributed by atoms with Crippen molar-refractivity contribution in [1.29, 1.82) is 0 Å². The monoisotopic (exact) mass is 304 g/mol. The van der Waals surface area contributed by atoms with Crippen LogP contribution in [-0.2, 0) is 0 Å². The van der Waals surface area contributed by atoms with Crippen molar-refractivity contribution in [1.82, 2.24) is 0 Å². The minimum atomic E-state index is -0.395. The number of hydrogen-bond acceptors (Lipinski definition) is 0. The van der Waals surface area contributed by atoms with Gasteiger partial charge < -0.3 is 0 Å². The quantitative estimate of drug-likeness (QED) is 0.575. The van der Waals surface area contributed by atoms with Gasteiger partial charge in [-0.05, 0) is 93.7 Å². The fourth-order valence-electron chi connectivity index (χ4n) is 4.58. The highest BCUT2D eigenvalue weighted by atomic mass is 19.1. The summed E-state index contributed by atoms with van der Waals surface area (Å²) < 4.78 is 27.6. The van der Waals surface area contributed by atoms with Crippen LogP contribution < -0.4 is 0 Å². The first-order chi connectivity index (χ1) is 10.6. The third-order valence-corrected chi connectivity index (χ3v) is 5.89. The molecular formula is C20H26F2. The van der Waals surface area contributed by atoms with Gasteiger partial charge in [0.05, 0.1) is 0 Å².